The summed E-state index contributed by atoms with van der Waals surface area (Å²) in [5.74, 6) is 1.43. The van der Waals surface area contributed by atoms with Crippen LogP contribution in [0.4, 0.5) is 0 Å². The predicted molar refractivity (Wildman–Crippen MR) is 99.2 cm³/mol. The van der Waals surface area contributed by atoms with Gasteiger partial charge in [-0.1, -0.05) is 61.4 Å². The highest BCUT2D eigenvalue weighted by Crippen LogP contribution is 2.30. The lowest BCUT2D eigenvalue weighted by molar-refractivity contribution is -0.122. The average molecular weight is 333 g/mol. The Morgan fingerprint density at radius 2 is 1.76 bits per heavy atom. The normalized spacial score (nSPS) is 16.2. The van der Waals surface area contributed by atoms with Gasteiger partial charge >= 0.3 is 0 Å². The molecule has 3 aromatic rings. The third kappa shape index (κ3) is 3.60. The number of hydrogen-bond acceptors (Lipinski definition) is 2. The van der Waals surface area contributed by atoms with Gasteiger partial charge in [0.25, 0.3) is 0 Å². The second-order valence-electron chi connectivity index (χ2n) is 6.95. The average Bonchev–Trinajstić information content (AvgIpc) is 3.29. The lowest BCUT2D eigenvalue weighted by atomic mass is 10.0. The Morgan fingerprint density at radius 1 is 1.04 bits per heavy atom. The Morgan fingerprint density at radius 3 is 2.52 bits per heavy atom. The summed E-state index contributed by atoms with van der Waals surface area (Å²) in [7, 11) is 0. The number of carbonyl (C=O) groups is 1. The summed E-state index contributed by atoms with van der Waals surface area (Å²) in [5, 5.41) is 4.26. The molecular formula is C22H23NO2. The van der Waals surface area contributed by atoms with Crippen molar-refractivity contribution in [3.8, 4) is 0 Å². The molecule has 1 N–H and O–H groups in total. The number of furan rings is 1. The molecule has 1 amide bonds. The Balaban J connectivity index is 1.61. The molecule has 0 unspecified atom stereocenters. The molecule has 1 aliphatic rings. The summed E-state index contributed by atoms with van der Waals surface area (Å²) in [6, 6.07) is 19.8. The molecule has 0 spiro atoms. The quantitative estimate of drug-likeness (QED) is 0.695. The van der Waals surface area contributed by atoms with Crippen molar-refractivity contribution in [2.45, 2.75) is 38.1 Å². The Bertz CT molecular complexity index is 814. The Hall–Kier alpha value is -2.55. The van der Waals surface area contributed by atoms with E-state index in [2.05, 4.69) is 5.32 Å². The number of nitrogens with one attached hydrogen (secondary N) is 1. The highest BCUT2D eigenvalue weighted by molar-refractivity contribution is 5.79. The van der Waals surface area contributed by atoms with Crippen molar-refractivity contribution in [2.75, 3.05) is 0 Å². The van der Waals surface area contributed by atoms with Crippen molar-refractivity contribution >= 4 is 16.9 Å². The standard InChI is InChI=1S/C22H23NO2/c24-21(14-16-8-4-5-9-16)23-22(17-10-2-1-3-11-17)20-15-18-12-6-7-13-19(18)25-20/h1-3,6-7,10-13,15-16,22H,4-5,8-9,14H2,(H,23,24)/t22-/m1/s1. The molecule has 0 radical (unpaired) electrons. The van der Waals surface area contributed by atoms with Crippen LogP contribution in [0.3, 0.4) is 0 Å². The monoisotopic (exact) mass is 333 g/mol. The van der Waals surface area contributed by atoms with E-state index in [1.54, 1.807) is 0 Å². The minimum Gasteiger partial charge on any atom is -0.459 e. The summed E-state index contributed by atoms with van der Waals surface area (Å²) in [6.45, 7) is 0. The van der Waals surface area contributed by atoms with Gasteiger partial charge in [0, 0.05) is 11.8 Å². The van der Waals surface area contributed by atoms with Crippen molar-refractivity contribution in [3.63, 3.8) is 0 Å². The zero-order chi connectivity index (χ0) is 17.1. The van der Waals surface area contributed by atoms with Gasteiger partial charge in [0.2, 0.25) is 5.91 Å². The van der Waals surface area contributed by atoms with Crippen LogP contribution in [0.5, 0.6) is 0 Å². The third-order valence-corrected chi connectivity index (χ3v) is 5.12. The van der Waals surface area contributed by atoms with Crippen molar-refractivity contribution in [1.82, 2.24) is 5.32 Å². The van der Waals surface area contributed by atoms with E-state index in [4.69, 9.17) is 4.42 Å². The zero-order valence-electron chi connectivity index (χ0n) is 14.3. The van der Waals surface area contributed by atoms with E-state index < -0.39 is 0 Å². The first-order chi connectivity index (χ1) is 12.3. The van der Waals surface area contributed by atoms with E-state index in [1.165, 1.54) is 25.7 Å². The molecule has 2 aromatic carbocycles. The first-order valence-electron chi connectivity index (χ1n) is 9.12. The van der Waals surface area contributed by atoms with Gasteiger partial charge in [-0.15, -0.1) is 0 Å². The lowest BCUT2D eigenvalue weighted by Gasteiger charge is -2.18. The molecule has 3 nitrogen and oxygen atoms in total. The first kappa shape index (κ1) is 15.9. The third-order valence-electron chi connectivity index (χ3n) is 5.12. The topological polar surface area (TPSA) is 42.2 Å². The minimum absolute atomic E-state index is 0.112. The van der Waals surface area contributed by atoms with Gasteiger partial charge in [-0.05, 0) is 36.5 Å². The van der Waals surface area contributed by atoms with Crippen LogP contribution in [0.15, 0.2) is 65.1 Å². The molecule has 3 heteroatoms. The SMILES string of the molecule is O=C(CC1CCCC1)N[C@H](c1ccccc1)c1cc2ccccc2o1. The van der Waals surface area contributed by atoms with E-state index in [-0.39, 0.29) is 11.9 Å². The van der Waals surface area contributed by atoms with Gasteiger partial charge in [0.15, 0.2) is 0 Å². The van der Waals surface area contributed by atoms with Crippen LogP contribution in [0.2, 0.25) is 0 Å². The van der Waals surface area contributed by atoms with E-state index in [0.29, 0.717) is 12.3 Å². The molecule has 1 aromatic heterocycles. The fourth-order valence-electron chi connectivity index (χ4n) is 3.81. The van der Waals surface area contributed by atoms with Crippen LogP contribution in [-0.4, -0.2) is 5.91 Å². The van der Waals surface area contributed by atoms with Gasteiger partial charge in [0.05, 0.1) is 0 Å². The molecule has 0 bridgehead atoms. The van der Waals surface area contributed by atoms with E-state index >= 15 is 0 Å². The van der Waals surface area contributed by atoms with Crippen LogP contribution >= 0.6 is 0 Å². The second kappa shape index (κ2) is 7.14. The molecule has 0 aliphatic heterocycles. The molecule has 1 saturated carbocycles. The highest BCUT2D eigenvalue weighted by atomic mass is 16.3. The maximum absolute atomic E-state index is 12.6. The van der Waals surface area contributed by atoms with E-state index in [1.807, 2.05) is 60.7 Å². The smallest absolute Gasteiger partial charge is 0.221 e. The molecule has 25 heavy (non-hydrogen) atoms. The molecule has 4 rings (SSSR count). The fraction of sp³-hybridized carbons (Fsp3) is 0.318. The number of fused-ring (bicyclic) bond motifs is 1. The summed E-state index contributed by atoms with van der Waals surface area (Å²) in [4.78, 5) is 12.6. The van der Waals surface area contributed by atoms with Gasteiger partial charge in [-0.25, -0.2) is 0 Å². The summed E-state index contributed by atoms with van der Waals surface area (Å²) in [5.41, 5.74) is 1.89. The number of para-hydroxylation sites is 1. The summed E-state index contributed by atoms with van der Waals surface area (Å²) < 4.78 is 6.04. The molecule has 1 fully saturated rings. The largest absolute Gasteiger partial charge is 0.459 e. The molecule has 1 atom stereocenters. The van der Waals surface area contributed by atoms with Crippen LogP contribution < -0.4 is 5.32 Å². The minimum atomic E-state index is -0.248. The van der Waals surface area contributed by atoms with Gasteiger partial charge in [-0.2, -0.15) is 0 Å². The zero-order valence-corrected chi connectivity index (χ0v) is 14.3. The van der Waals surface area contributed by atoms with Gasteiger partial charge < -0.3 is 9.73 Å². The van der Waals surface area contributed by atoms with Gasteiger partial charge in [0.1, 0.15) is 17.4 Å². The maximum atomic E-state index is 12.6. The Labute approximate surface area is 148 Å². The van der Waals surface area contributed by atoms with E-state index in [9.17, 15) is 4.79 Å². The number of hydrogen-bond donors (Lipinski definition) is 1. The maximum Gasteiger partial charge on any atom is 0.221 e. The van der Waals surface area contributed by atoms with Gasteiger partial charge in [-0.3, -0.25) is 4.79 Å². The van der Waals surface area contributed by atoms with Crippen molar-refractivity contribution in [3.05, 3.63) is 72.0 Å². The molecule has 0 saturated heterocycles. The lowest BCUT2D eigenvalue weighted by Crippen LogP contribution is -2.30. The number of rotatable bonds is 5. The fourth-order valence-corrected chi connectivity index (χ4v) is 3.81. The highest BCUT2D eigenvalue weighted by Gasteiger charge is 2.24. The number of carbonyl (C=O) groups excluding carboxylic acids is 1. The molecule has 1 heterocycles. The first-order valence-corrected chi connectivity index (χ1v) is 9.12. The molecule has 1 aliphatic carbocycles. The summed E-state index contributed by atoms with van der Waals surface area (Å²) >= 11 is 0. The number of benzene rings is 2. The van der Waals surface area contributed by atoms with Crippen LogP contribution in [-0.2, 0) is 4.79 Å². The van der Waals surface area contributed by atoms with Crippen molar-refractivity contribution in [1.29, 1.82) is 0 Å². The van der Waals surface area contributed by atoms with Crippen molar-refractivity contribution in [2.24, 2.45) is 5.92 Å². The second-order valence-corrected chi connectivity index (χ2v) is 6.95. The van der Waals surface area contributed by atoms with E-state index in [0.717, 1.165) is 22.3 Å². The van der Waals surface area contributed by atoms with Crippen LogP contribution in [0.1, 0.15) is 49.5 Å². The van der Waals surface area contributed by atoms with Crippen molar-refractivity contribution < 1.29 is 9.21 Å². The van der Waals surface area contributed by atoms with Crippen LogP contribution in [0, 0.1) is 5.92 Å². The molecular weight excluding hydrogens is 310 g/mol. The number of amides is 1. The Kier molecular flexibility index (Phi) is 4.55. The predicted octanol–water partition coefficient (Wildman–Crippen LogP) is 5.22. The van der Waals surface area contributed by atoms with Crippen LogP contribution in [0.25, 0.3) is 11.0 Å². The summed E-state index contributed by atoms with van der Waals surface area (Å²) in [6.07, 6.45) is 5.47. The molecule has 128 valence electrons.